The number of hydrogen-bond acceptors (Lipinski definition) is 5. The number of carbonyl (C=O) groups is 2. The lowest BCUT2D eigenvalue weighted by Crippen LogP contribution is -2.49. The monoisotopic (exact) mass is 490 g/mol. The second-order valence-corrected chi connectivity index (χ2v) is 9.70. The number of rotatable bonds is 3. The van der Waals surface area contributed by atoms with Gasteiger partial charge in [-0.1, -0.05) is 41.6 Å². The Kier molecular flexibility index (Phi) is 6.30. The van der Waals surface area contributed by atoms with Gasteiger partial charge in [-0.15, -0.1) is 0 Å². The molecule has 1 aromatic heterocycles. The molecule has 2 amide bonds. The van der Waals surface area contributed by atoms with E-state index in [0.29, 0.717) is 28.6 Å². The molecule has 1 fully saturated rings. The first-order valence-corrected chi connectivity index (χ1v) is 12.2. The first-order chi connectivity index (χ1) is 16.5. The first kappa shape index (κ1) is 22.5. The summed E-state index contributed by atoms with van der Waals surface area (Å²) in [5.74, 6) is 0.808. The van der Waals surface area contributed by atoms with E-state index in [1.165, 1.54) is 11.8 Å². The fourth-order valence-electron chi connectivity index (χ4n) is 4.14. The fraction of sp³-hybridized carbons (Fsp3) is 0.192. The second-order valence-electron chi connectivity index (χ2n) is 8.18. The van der Waals surface area contributed by atoms with E-state index in [0.717, 1.165) is 35.1 Å². The SMILES string of the molecule is CN1C(=O)C(=Cc2cccc(Cl)c2)Sc2ccc(C(=O)N3CCN(c4ccccn4)CC3)cc21. The number of halogens is 1. The molecule has 0 atom stereocenters. The Balaban J connectivity index is 1.32. The highest BCUT2D eigenvalue weighted by atomic mass is 35.5. The molecule has 0 spiro atoms. The quantitative estimate of drug-likeness (QED) is 0.493. The lowest BCUT2D eigenvalue weighted by molar-refractivity contribution is -0.114. The van der Waals surface area contributed by atoms with E-state index in [-0.39, 0.29) is 11.8 Å². The van der Waals surface area contributed by atoms with Crippen molar-refractivity contribution in [2.24, 2.45) is 0 Å². The maximum atomic E-state index is 13.2. The molecule has 6 nitrogen and oxygen atoms in total. The molecule has 3 aromatic rings. The Labute approximate surface area is 207 Å². The minimum absolute atomic E-state index is 0.0189. The number of aromatic nitrogens is 1. The van der Waals surface area contributed by atoms with Gasteiger partial charge in [0.2, 0.25) is 0 Å². The van der Waals surface area contributed by atoms with Crippen LogP contribution in [0.3, 0.4) is 0 Å². The van der Waals surface area contributed by atoms with E-state index in [1.54, 1.807) is 24.2 Å². The second kappa shape index (κ2) is 9.52. The van der Waals surface area contributed by atoms with Gasteiger partial charge in [-0.3, -0.25) is 9.59 Å². The van der Waals surface area contributed by atoms with Gasteiger partial charge >= 0.3 is 0 Å². The van der Waals surface area contributed by atoms with Crippen molar-refractivity contribution in [1.82, 2.24) is 9.88 Å². The molecular formula is C26H23ClN4O2S. The highest BCUT2D eigenvalue weighted by molar-refractivity contribution is 8.04. The molecule has 0 N–H and O–H groups in total. The highest BCUT2D eigenvalue weighted by Crippen LogP contribution is 2.42. The topological polar surface area (TPSA) is 56.8 Å². The molecular weight excluding hydrogens is 468 g/mol. The average Bonchev–Trinajstić information content (AvgIpc) is 2.87. The fourth-order valence-corrected chi connectivity index (χ4v) is 5.43. The van der Waals surface area contributed by atoms with Crippen LogP contribution in [0.25, 0.3) is 6.08 Å². The van der Waals surface area contributed by atoms with Crippen LogP contribution in [0.2, 0.25) is 5.02 Å². The summed E-state index contributed by atoms with van der Waals surface area (Å²) in [6, 6.07) is 18.9. The minimum atomic E-state index is -0.106. The van der Waals surface area contributed by atoms with Crippen molar-refractivity contribution in [2.45, 2.75) is 4.90 Å². The molecule has 5 rings (SSSR count). The van der Waals surface area contributed by atoms with Gasteiger partial charge in [0.1, 0.15) is 5.82 Å². The van der Waals surface area contributed by atoms with Crippen molar-refractivity contribution >= 4 is 52.8 Å². The highest BCUT2D eigenvalue weighted by Gasteiger charge is 2.29. The summed E-state index contributed by atoms with van der Waals surface area (Å²) < 4.78 is 0. The van der Waals surface area contributed by atoms with Gasteiger partial charge in [0.25, 0.3) is 11.8 Å². The smallest absolute Gasteiger partial charge is 0.264 e. The number of piperazine rings is 1. The lowest BCUT2D eigenvalue weighted by atomic mass is 10.1. The van der Waals surface area contributed by atoms with Crippen molar-refractivity contribution < 1.29 is 9.59 Å². The predicted molar refractivity (Wildman–Crippen MR) is 137 cm³/mol. The van der Waals surface area contributed by atoms with Gasteiger partial charge in [-0.2, -0.15) is 0 Å². The van der Waals surface area contributed by atoms with Crippen LogP contribution in [0.4, 0.5) is 11.5 Å². The third kappa shape index (κ3) is 4.54. The summed E-state index contributed by atoms with van der Waals surface area (Å²) in [6.07, 6.45) is 3.63. The molecule has 2 aliphatic heterocycles. The van der Waals surface area contributed by atoms with Crippen LogP contribution in [0, 0.1) is 0 Å². The molecule has 1 saturated heterocycles. The van der Waals surface area contributed by atoms with E-state index < -0.39 is 0 Å². The Morgan fingerprint density at radius 2 is 1.85 bits per heavy atom. The molecule has 0 bridgehead atoms. The predicted octanol–water partition coefficient (Wildman–Crippen LogP) is 4.81. The van der Waals surface area contributed by atoms with Crippen LogP contribution in [0.5, 0.6) is 0 Å². The zero-order valence-electron chi connectivity index (χ0n) is 18.6. The Morgan fingerprint density at radius 1 is 1.03 bits per heavy atom. The van der Waals surface area contributed by atoms with Gasteiger partial charge in [0.15, 0.2) is 0 Å². The van der Waals surface area contributed by atoms with Crippen LogP contribution in [-0.4, -0.2) is 54.9 Å². The van der Waals surface area contributed by atoms with Crippen molar-refractivity contribution in [3.05, 3.63) is 87.9 Å². The summed E-state index contributed by atoms with van der Waals surface area (Å²) in [4.78, 5) is 37.9. The summed E-state index contributed by atoms with van der Waals surface area (Å²) in [7, 11) is 1.74. The van der Waals surface area contributed by atoms with E-state index in [9.17, 15) is 9.59 Å². The number of fused-ring (bicyclic) bond motifs is 1. The van der Waals surface area contributed by atoms with Crippen LogP contribution in [0.1, 0.15) is 15.9 Å². The number of anilines is 2. The molecule has 172 valence electrons. The van der Waals surface area contributed by atoms with Gasteiger partial charge in [0.05, 0.1) is 10.6 Å². The van der Waals surface area contributed by atoms with Gasteiger partial charge in [0, 0.05) is 54.9 Å². The number of thioether (sulfide) groups is 1. The molecule has 0 aliphatic carbocycles. The van der Waals surface area contributed by atoms with E-state index in [1.807, 2.05) is 65.6 Å². The Bertz CT molecular complexity index is 1270. The molecule has 0 unspecified atom stereocenters. The van der Waals surface area contributed by atoms with Gasteiger partial charge in [-0.05, 0) is 54.1 Å². The Hall–Kier alpha value is -3.29. The largest absolute Gasteiger partial charge is 0.353 e. The van der Waals surface area contributed by atoms with E-state index >= 15 is 0 Å². The number of carbonyl (C=O) groups excluding carboxylic acids is 2. The van der Waals surface area contributed by atoms with Crippen molar-refractivity contribution in [3.8, 4) is 0 Å². The summed E-state index contributed by atoms with van der Waals surface area (Å²) in [5.41, 5.74) is 2.21. The normalized spacial score (nSPS) is 17.2. The van der Waals surface area contributed by atoms with Gasteiger partial charge in [-0.25, -0.2) is 4.98 Å². The first-order valence-electron chi connectivity index (χ1n) is 11.0. The third-order valence-corrected chi connectivity index (χ3v) is 7.30. The zero-order chi connectivity index (χ0) is 23.7. The van der Waals surface area contributed by atoms with E-state index in [4.69, 9.17) is 11.6 Å². The maximum Gasteiger partial charge on any atom is 0.264 e. The zero-order valence-corrected chi connectivity index (χ0v) is 20.2. The van der Waals surface area contributed by atoms with Crippen LogP contribution < -0.4 is 9.80 Å². The van der Waals surface area contributed by atoms with Crippen molar-refractivity contribution in [1.29, 1.82) is 0 Å². The number of benzene rings is 2. The number of likely N-dealkylation sites (N-methyl/N-ethyl adjacent to an activating group) is 1. The Morgan fingerprint density at radius 3 is 2.59 bits per heavy atom. The van der Waals surface area contributed by atoms with Gasteiger partial charge < -0.3 is 14.7 Å². The van der Waals surface area contributed by atoms with Crippen molar-refractivity contribution in [2.75, 3.05) is 43.0 Å². The van der Waals surface area contributed by atoms with Crippen LogP contribution in [-0.2, 0) is 4.79 Å². The average molecular weight is 491 g/mol. The lowest BCUT2D eigenvalue weighted by Gasteiger charge is -2.35. The molecule has 0 saturated carbocycles. The molecule has 8 heteroatoms. The number of amides is 2. The molecule has 2 aliphatic rings. The molecule has 2 aromatic carbocycles. The number of nitrogens with zero attached hydrogens (tertiary/aromatic N) is 4. The standard InChI is InChI=1S/C26H23ClN4O2S/c1-29-21-17-19(25(32)31-13-11-30(12-14-31)24-7-2-3-10-28-24)8-9-22(21)34-23(26(29)33)16-18-5-4-6-20(27)15-18/h2-10,15-17H,11-14H2,1H3. The minimum Gasteiger partial charge on any atom is -0.353 e. The number of hydrogen-bond donors (Lipinski definition) is 0. The molecule has 34 heavy (non-hydrogen) atoms. The van der Waals surface area contributed by atoms with E-state index in [2.05, 4.69) is 9.88 Å². The summed E-state index contributed by atoms with van der Waals surface area (Å²) in [5, 5.41) is 0.625. The molecule has 3 heterocycles. The number of pyridine rings is 1. The molecule has 0 radical (unpaired) electrons. The maximum absolute atomic E-state index is 13.2. The van der Waals surface area contributed by atoms with Crippen molar-refractivity contribution in [3.63, 3.8) is 0 Å². The third-order valence-electron chi connectivity index (χ3n) is 5.99. The summed E-state index contributed by atoms with van der Waals surface area (Å²) in [6.45, 7) is 2.73. The summed E-state index contributed by atoms with van der Waals surface area (Å²) >= 11 is 7.50. The van der Waals surface area contributed by atoms with Crippen LogP contribution in [0.15, 0.2) is 76.7 Å². The van der Waals surface area contributed by atoms with Crippen LogP contribution >= 0.6 is 23.4 Å².